The molecule has 0 fully saturated rings. The van der Waals surface area contributed by atoms with E-state index in [0.29, 0.717) is 25.0 Å². The molecule has 7 heteroatoms. The Morgan fingerprint density at radius 1 is 1.11 bits per heavy atom. The second-order valence-electron chi connectivity index (χ2n) is 3.93. The van der Waals surface area contributed by atoms with Gasteiger partial charge < -0.3 is 11.1 Å². The molecule has 1 rings (SSSR count). The number of benzene rings is 1. The highest BCUT2D eigenvalue weighted by Crippen LogP contribution is 2.13. The second kappa shape index (κ2) is 6.77. The number of nitrogens with two attached hydrogens (primary N) is 1. The Hall–Kier alpha value is -2.05. The summed E-state index contributed by atoms with van der Waals surface area (Å²) in [5.74, 6) is -5.60. The zero-order chi connectivity index (χ0) is 14.4. The van der Waals surface area contributed by atoms with Gasteiger partial charge in [0, 0.05) is 18.5 Å². The van der Waals surface area contributed by atoms with Crippen LogP contribution in [0, 0.1) is 17.5 Å². The van der Waals surface area contributed by atoms with E-state index in [4.69, 9.17) is 5.73 Å². The molecule has 104 valence electrons. The summed E-state index contributed by atoms with van der Waals surface area (Å²) in [6.07, 6.45) is 1.21. The largest absolute Gasteiger partial charge is 0.370 e. The number of hydrogen-bond donors (Lipinski definition) is 2. The summed E-state index contributed by atoms with van der Waals surface area (Å²) in [6, 6.07) is 1.24. The van der Waals surface area contributed by atoms with Gasteiger partial charge in [-0.1, -0.05) is 0 Å². The minimum absolute atomic E-state index is 0.204. The lowest BCUT2D eigenvalue weighted by atomic mass is 10.2. The van der Waals surface area contributed by atoms with Crippen LogP contribution in [0.25, 0.3) is 0 Å². The van der Waals surface area contributed by atoms with Crippen molar-refractivity contribution < 1.29 is 22.8 Å². The molecule has 0 aliphatic rings. The van der Waals surface area contributed by atoms with Crippen molar-refractivity contribution in [3.05, 3.63) is 35.1 Å². The lowest BCUT2D eigenvalue weighted by molar-refractivity contribution is -0.118. The Bertz CT molecular complexity index is 469. The molecule has 0 saturated heterocycles. The number of hydrogen-bond acceptors (Lipinski definition) is 2. The van der Waals surface area contributed by atoms with Gasteiger partial charge in [0.25, 0.3) is 5.91 Å². The Labute approximate surface area is 107 Å². The van der Waals surface area contributed by atoms with Crippen LogP contribution >= 0.6 is 0 Å². The van der Waals surface area contributed by atoms with Crippen LogP contribution in [0.15, 0.2) is 12.1 Å². The molecule has 0 aliphatic carbocycles. The van der Waals surface area contributed by atoms with Gasteiger partial charge in [0.15, 0.2) is 17.5 Å². The molecular formula is C12H13F3N2O2. The van der Waals surface area contributed by atoms with E-state index in [9.17, 15) is 22.8 Å². The van der Waals surface area contributed by atoms with Gasteiger partial charge in [-0.25, -0.2) is 13.2 Å². The van der Waals surface area contributed by atoms with Crippen molar-refractivity contribution in [1.29, 1.82) is 0 Å². The lowest BCUT2D eigenvalue weighted by Crippen LogP contribution is -2.25. The van der Waals surface area contributed by atoms with Crippen molar-refractivity contribution in [3.8, 4) is 0 Å². The number of primary amides is 1. The quantitative estimate of drug-likeness (QED) is 0.609. The van der Waals surface area contributed by atoms with Crippen LogP contribution in [0.2, 0.25) is 0 Å². The topological polar surface area (TPSA) is 72.2 Å². The molecule has 0 heterocycles. The molecule has 3 N–H and O–H groups in total. The summed E-state index contributed by atoms with van der Waals surface area (Å²) in [7, 11) is 0. The summed E-state index contributed by atoms with van der Waals surface area (Å²) in [5, 5.41) is 2.40. The average Bonchev–Trinajstić information content (AvgIpc) is 2.34. The maximum Gasteiger partial charge on any atom is 0.251 e. The third-order valence-corrected chi connectivity index (χ3v) is 2.38. The molecule has 1 aromatic rings. The Balaban J connectivity index is 2.48. The molecule has 1 aromatic carbocycles. The highest BCUT2D eigenvalue weighted by atomic mass is 19.2. The van der Waals surface area contributed by atoms with Crippen LogP contribution < -0.4 is 11.1 Å². The van der Waals surface area contributed by atoms with Gasteiger partial charge >= 0.3 is 0 Å². The first-order valence-corrected chi connectivity index (χ1v) is 5.63. The molecule has 0 saturated carbocycles. The first-order chi connectivity index (χ1) is 8.91. The fourth-order valence-corrected chi connectivity index (χ4v) is 1.41. The van der Waals surface area contributed by atoms with E-state index >= 15 is 0 Å². The van der Waals surface area contributed by atoms with Gasteiger partial charge in [-0.05, 0) is 25.0 Å². The first kappa shape index (κ1) is 15.0. The molecular weight excluding hydrogens is 261 g/mol. The van der Waals surface area contributed by atoms with Crippen molar-refractivity contribution in [2.75, 3.05) is 6.54 Å². The molecule has 0 atom stereocenters. The fourth-order valence-electron chi connectivity index (χ4n) is 1.41. The van der Waals surface area contributed by atoms with Gasteiger partial charge in [0.05, 0.1) is 0 Å². The van der Waals surface area contributed by atoms with Gasteiger partial charge in [0.1, 0.15) is 0 Å². The second-order valence-corrected chi connectivity index (χ2v) is 3.93. The van der Waals surface area contributed by atoms with E-state index in [0.717, 1.165) is 0 Å². The predicted molar refractivity (Wildman–Crippen MR) is 61.7 cm³/mol. The van der Waals surface area contributed by atoms with Crippen LogP contribution in [-0.2, 0) is 4.79 Å². The molecule has 0 spiro atoms. The maximum atomic E-state index is 12.9. The highest BCUT2D eigenvalue weighted by molar-refractivity contribution is 5.94. The standard InChI is InChI=1S/C12H13F3N2O2/c13-8-5-7(6-9(14)11(8)15)12(19)17-4-2-1-3-10(16)18/h5-6H,1-4H2,(H2,16,18)(H,17,19). The Morgan fingerprint density at radius 3 is 2.21 bits per heavy atom. The highest BCUT2D eigenvalue weighted by Gasteiger charge is 2.14. The van der Waals surface area contributed by atoms with Crippen LogP contribution in [0.4, 0.5) is 13.2 Å². The number of carbonyl (C=O) groups excluding carboxylic acids is 2. The molecule has 19 heavy (non-hydrogen) atoms. The number of amides is 2. The molecule has 4 nitrogen and oxygen atoms in total. The van der Waals surface area contributed by atoms with Crippen molar-refractivity contribution in [1.82, 2.24) is 5.32 Å². The van der Waals surface area contributed by atoms with Crippen LogP contribution in [0.5, 0.6) is 0 Å². The summed E-state index contributed by atoms with van der Waals surface area (Å²) in [4.78, 5) is 21.9. The van der Waals surface area contributed by atoms with E-state index in [-0.39, 0.29) is 18.5 Å². The van der Waals surface area contributed by atoms with Crippen molar-refractivity contribution in [3.63, 3.8) is 0 Å². The smallest absolute Gasteiger partial charge is 0.251 e. The van der Waals surface area contributed by atoms with Crippen LogP contribution in [0.1, 0.15) is 29.6 Å². The monoisotopic (exact) mass is 274 g/mol. The molecule has 0 radical (unpaired) electrons. The summed E-state index contributed by atoms with van der Waals surface area (Å²) in [6.45, 7) is 0.229. The minimum atomic E-state index is -1.61. The summed E-state index contributed by atoms with van der Waals surface area (Å²) < 4.78 is 38.4. The molecule has 0 aliphatic heterocycles. The maximum absolute atomic E-state index is 12.9. The molecule has 2 amide bonds. The van der Waals surface area contributed by atoms with E-state index in [1.54, 1.807) is 0 Å². The first-order valence-electron chi connectivity index (χ1n) is 5.63. The predicted octanol–water partition coefficient (Wildman–Crippen LogP) is 1.49. The SMILES string of the molecule is NC(=O)CCCCNC(=O)c1cc(F)c(F)c(F)c1. The van der Waals surface area contributed by atoms with Gasteiger partial charge in [0.2, 0.25) is 5.91 Å². The summed E-state index contributed by atoms with van der Waals surface area (Å²) >= 11 is 0. The summed E-state index contributed by atoms with van der Waals surface area (Å²) in [5.41, 5.74) is 4.63. The van der Waals surface area contributed by atoms with Crippen molar-refractivity contribution in [2.45, 2.75) is 19.3 Å². The zero-order valence-electron chi connectivity index (χ0n) is 10.0. The minimum Gasteiger partial charge on any atom is -0.370 e. The molecule has 0 bridgehead atoms. The van der Waals surface area contributed by atoms with Gasteiger partial charge in [-0.15, -0.1) is 0 Å². The number of unbranched alkanes of at least 4 members (excludes halogenated alkanes) is 1. The van der Waals surface area contributed by atoms with Crippen molar-refractivity contribution in [2.24, 2.45) is 5.73 Å². The van der Waals surface area contributed by atoms with Gasteiger partial charge in [-0.3, -0.25) is 9.59 Å². The van der Waals surface area contributed by atoms with Crippen LogP contribution in [0.3, 0.4) is 0 Å². The molecule has 0 unspecified atom stereocenters. The normalized spacial score (nSPS) is 10.3. The zero-order valence-corrected chi connectivity index (χ0v) is 10.0. The average molecular weight is 274 g/mol. The lowest BCUT2D eigenvalue weighted by Gasteiger charge is -2.05. The third kappa shape index (κ3) is 4.61. The van der Waals surface area contributed by atoms with E-state index in [1.807, 2.05) is 0 Å². The Morgan fingerprint density at radius 2 is 1.68 bits per heavy atom. The number of halogens is 3. The third-order valence-electron chi connectivity index (χ3n) is 2.38. The Kier molecular flexibility index (Phi) is 5.35. The van der Waals surface area contributed by atoms with E-state index < -0.39 is 29.3 Å². The van der Waals surface area contributed by atoms with Gasteiger partial charge in [-0.2, -0.15) is 0 Å². The van der Waals surface area contributed by atoms with E-state index in [2.05, 4.69) is 5.32 Å². The number of rotatable bonds is 6. The molecule has 0 aromatic heterocycles. The fraction of sp³-hybridized carbons (Fsp3) is 0.333. The number of nitrogens with one attached hydrogen (secondary N) is 1. The number of carbonyl (C=O) groups is 2. The van der Waals surface area contributed by atoms with E-state index in [1.165, 1.54) is 0 Å². The van der Waals surface area contributed by atoms with Crippen molar-refractivity contribution >= 4 is 11.8 Å². The van der Waals surface area contributed by atoms with Crippen LogP contribution in [-0.4, -0.2) is 18.4 Å².